The standard InChI is InChI=1S/C15H25NO3/c1-18-11-8-16-13-14-6-5-7-15(12-14)19-10-4-2-3-9-17/h5-7,12,16-17H,2-4,8-11,13H2,1H3. The fourth-order valence-electron chi connectivity index (χ4n) is 1.73. The normalized spacial score (nSPS) is 10.6. The van der Waals surface area contributed by atoms with Crippen LogP contribution in [0.4, 0.5) is 0 Å². The molecule has 4 heteroatoms. The molecule has 0 spiro atoms. The van der Waals surface area contributed by atoms with Crippen LogP contribution in [-0.4, -0.2) is 38.6 Å². The summed E-state index contributed by atoms with van der Waals surface area (Å²) in [7, 11) is 1.70. The maximum absolute atomic E-state index is 8.68. The molecule has 0 amide bonds. The van der Waals surface area contributed by atoms with Crippen molar-refractivity contribution in [1.29, 1.82) is 0 Å². The van der Waals surface area contributed by atoms with Gasteiger partial charge in [0.2, 0.25) is 0 Å². The first kappa shape index (κ1) is 16.0. The van der Waals surface area contributed by atoms with Crippen LogP contribution >= 0.6 is 0 Å². The molecule has 0 heterocycles. The van der Waals surface area contributed by atoms with Crippen molar-refractivity contribution in [3.63, 3.8) is 0 Å². The van der Waals surface area contributed by atoms with Crippen molar-refractivity contribution in [3.8, 4) is 5.75 Å². The van der Waals surface area contributed by atoms with Crippen molar-refractivity contribution in [1.82, 2.24) is 5.32 Å². The Labute approximate surface area is 115 Å². The fraction of sp³-hybridized carbons (Fsp3) is 0.600. The molecule has 0 aliphatic carbocycles. The van der Waals surface area contributed by atoms with Gasteiger partial charge >= 0.3 is 0 Å². The predicted molar refractivity (Wildman–Crippen MR) is 76.5 cm³/mol. The zero-order chi connectivity index (χ0) is 13.8. The van der Waals surface area contributed by atoms with Crippen molar-refractivity contribution in [2.24, 2.45) is 0 Å². The van der Waals surface area contributed by atoms with Crippen LogP contribution in [-0.2, 0) is 11.3 Å². The van der Waals surface area contributed by atoms with Crippen LogP contribution in [0, 0.1) is 0 Å². The molecule has 0 saturated carbocycles. The molecule has 0 aliphatic rings. The lowest BCUT2D eigenvalue weighted by atomic mass is 10.2. The number of hydrogen-bond donors (Lipinski definition) is 2. The smallest absolute Gasteiger partial charge is 0.119 e. The van der Waals surface area contributed by atoms with E-state index in [1.54, 1.807) is 7.11 Å². The van der Waals surface area contributed by atoms with E-state index in [0.29, 0.717) is 6.61 Å². The Morgan fingerprint density at radius 3 is 2.84 bits per heavy atom. The summed E-state index contributed by atoms with van der Waals surface area (Å²) in [6, 6.07) is 8.13. The Morgan fingerprint density at radius 2 is 2.05 bits per heavy atom. The summed E-state index contributed by atoms with van der Waals surface area (Å²) in [6.45, 7) is 3.37. The lowest BCUT2D eigenvalue weighted by Crippen LogP contribution is -2.18. The number of benzene rings is 1. The number of ether oxygens (including phenoxy) is 2. The molecule has 0 bridgehead atoms. The molecule has 0 aromatic heterocycles. The van der Waals surface area contributed by atoms with E-state index in [9.17, 15) is 0 Å². The minimum absolute atomic E-state index is 0.266. The van der Waals surface area contributed by atoms with Gasteiger partial charge in [0.15, 0.2) is 0 Å². The molecule has 0 radical (unpaired) electrons. The summed E-state index contributed by atoms with van der Waals surface area (Å²) >= 11 is 0. The van der Waals surface area contributed by atoms with Crippen molar-refractivity contribution < 1.29 is 14.6 Å². The van der Waals surface area contributed by atoms with Crippen LogP contribution in [0.1, 0.15) is 24.8 Å². The number of nitrogens with one attached hydrogen (secondary N) is 1. The zero-order valence-corrected chi connectivity index (χ0v) is 11.7. The Bertz CT molecular complexity index is 331. The first-order valence-electron chi connectivity index (χ1n) is 6.89. The molecule has 108 valence electrons. The van der Waals surface area contributed by atoms with Gasteiger partial charge in [-0.1, -0.05) is 12.1 Å². The van der Waals surface area contributed by atoms with Gasteiger partial charge in [0.1, 0.15) is 5.75 Å². The SMILES string of the molecule is COCCNCc1cccc(OCCCCCO)c1. The van der Waals surface area contributed by atoms with Crippen LogP contribution in [0.15, 0.2) is 24.3 Å². The first-order valence-corrected chi connectivity index (χ1v) is 6.89. The fourth-order valence-corrected chi connectivity index (χ4v) is 1.73. The number of aliphatic hydroxyl groups excluding tert-OH is 1. The van der Waals surface area contributed by atoms with Gasteiger partial charge in [-0.3, -0.25) is 0 Å². The van der Waals surface area contributed by atoms with Crippen molar-refractivity contribution in [2.45, 2.75) is 25.8 Å². The van der Waals surface area contributed by atoms with E-state index in [0.717, 1.165) is 44.7 Å². The molecule has 1 aromatic rings. The third kappa shape index (κ3) is 7.82. The summed E-state index contributed by atoms with van der Waals surface area (Å²) in [5.41, 5.74) is 1.21. The molecule has 19 heavy (non-hydrogen) atoms. The molecule has 0 unspecified atom stereocenters. The van der Waals surface area contributed by atoms with E-state index in [-0.39, 0.29) is 6.61 Å². The van der Waals surface area contributed by atoms with Crippen molar-refractivity contribution in [3.05, 3.63) is 29.8 Å². The summed E-state index contributed by atoms with van der Waals surface area (Å²) in [5, 5.41) is 12.0. The number of rotatable bonds is 11. The second-order valence-corrected chi connectivity index (χ2v) is 4.45. The molecule has 1 rings (SSSR count). The van der Waals surface area contributed by atoms with Gasteiger partial charge in [-0.2, -0.15) is 0 Å². The number of methoxy groups -OCH3 is 1. The summed E-state index contributed by atoms with van der Waals surface area (Å²) in [4.78, 5) is 0. The van der Waals surface area contributed by atoms with E-state index in [2.05, 4.69) is 17.4 Å². The number of hydrogen-bond acceptors (Lipinski definition) is 4. The number of unbranched alkanes of at least 4 members (excludes halogenated alkanes) is 2. The van der Waals surface area contributed by atoms with E-state index >= 15 is 0 Å². The zero-order valence-electron chi connectivity index (χ0n) is 11.7. The Kier molecular flexibility index (Phi) is 9.06. The maximum Gasteiger partial charge on any atom is 0.119 e. The Hall–Kier alpha value is -1.10. The molecular formula is C15H25NO3. The largest absolute Gasteiger partial charge is 0.494 e. The predicted octanol–water partition coefficient (Wildman–Crippen LogP) is 1.96. The Balaban J connectivity index is 2.23. The number of aliphatic hydroxyl groups is 1. The average molecular weight is 267 g/mol. The lowest BCUT2D eigenvalue weighted by molar-refractivity contribution is 0.199. The highest BCUT2D eigenvalue weighted by molar-refractivity contribution is 5.28. The highest BCUT2D eigenvalue weighted by Gasteiger charge is 1.97. The molecule has 0 atom stereocenters. The van der Waals surface area contributed by atoms with Gasteiger partial charge in [-0.15, -0.1) is 0 Å². The van der Waals surface area contributed by atoms with Gasteiger partial charge in [0, 0.05) is 26.8 Å². The molecule has 4 nitrogen and oxygen atoms in total. The highest BCUT2D eigenvalue weighted by atomic mass is 16.5. The van der Waals surface area contributed by atoms with Gasteiger partial charge in [0.25, 0.3) is 0 Å². The maximum atomic E-state index is 8.68. The van der Waals surface area contributed by atoms with E-state index < -0.39 is 0 Å². The van der Waals surface area contributed by atoms with Gasteiger partial charge in [-0.05, 0) is 37.0 Å². The quantitative estimate of drug-likeness (QED) is 0.602. The Morgan fingerprint density at radius 1 is 1.16 bits per heavy atom. The van der Waals surface area contributed by atoms with Crippen LogP contribution in [0.2, 0.25) is 0 Å². The molecule has 2 N–H and O–H groups in total. The third-order valence-electron chi connectivity index (χ3n) is 2.78. The van der Waals surface area contributed by atoms with E-state index in [1.807, 2.05) is 12.1 Å². The monoisotopic (exact) mass is 267 g/mol. The van der Waals surface area contributed by atoms with Crippen LogP contribution in [0.3, 0.4) is 0 Å². The van der Waals surface area contributed by atoms with E-state index in [4.69, 9.17) is 14.6 Å². The van der Waals surface area contributed by atoms with Crippen molar-refractivity contribution in [2.75, 3.05) is 33.5 Å². The average Bonchev–Trinajstić information content (AvgIpc) is 2.44. The summed E-state index contributed by atoms with van der Waals surface area (Å²) in [6.07, 6.45) is 2.85. The van der Waals surface area contributed by atoms with Crippen LogP contribution in [0.5, 0.6) is 5.75 Å². The molecule has 0 saturated heterocycles. The third-order valence-corrected chi connectivity index (χ3v) is 2.78. The van der Waals surface area contributed by atoms with Crippen LogP contribution < -0.4 is 10.1 Å². The minimum atomic E-state index is 0.266. The molecule has 1 aromatic carbocycles. The summed E-state index contributed by atoms with van der Waals surface area (Å²) in [5.74, 6) is 0.912. The van der Waals surface area contributed by atoms with Gasteiger partial charge < -0.3 is 19.9 Å². The van der Waals surface area contributed by atoms with Crippen molar-refractivity contribution >= 4 is 0 Å². The highest BCUT2D eigenvalue weighted by Crippen LogP contribution is 2.13. The van der Waals surface area contributed by atoms with E-state index in [1.165, 1.54) is 5.56 Å². The minimum Gasteiger partial charge on any atom is -0.494 e. The second kappa shape index (κ2) is 10.8. The van der Waals surface area contributed by atoms with Gasteiger partial charge in [0.05, 0.1) is 13.2 Å². The molecule has 0 aliphatic heterocycles. The molecule has 0 fully saturated rings. The van der Waals surface area contributed by atoms with Crippen LogP contribution in [0.25, 0.3) is 0 Å². The lowest BCUT2D eigenvalue weighted by Gasteiger charge is -2.08. The molecular weight excluding hydrogens is 242 g/mol. The second-order valence-electron chi connectivity index (χ2n) is 4.45. The van der Waals surface area contributed by atoms with Gasteiger partial charge in [-0.25, -0.2) is 0 Å². The first-order chi connectivity index (χ1) is 9.36. The summed E-state index contributed by atoms with van der Waals surface area (Å²) < 4.78 is 10.7. The topological polar surface area (TPSA) is 50.7 Å².